The minimum atomic E-state index is -0.480. The van der Waals surface area contributed by atoms with Crippen LogP contribution < -0.4 is 10.2 Å². The quantitative estimate of drug-likeness (QED) is 0.918. The van der Waals surface area contributed by atoms with Gasteiger partial charge in [-0.1, -0.05) is 0 Å². The second kappa shape index (κ2) is 5.66. The molecule has 0 radical (unpaired) electrons. The Labute approximate surface area is 117 Å². The molecule has 20 heavy (non-hydrogen) atoms. The zero-order valence-electron chi connectivity index (χ0n) is 11.7. The van der Waals surface area contributed by atoms with Gasteiger partial charge in [0.1, 0.15) is 17.3 Å². The van der Waals surface area contributed by atoms with Crippen LogP contribution in [-0.2, 0) is 11.3 Å². The normalized spacial score (nSPS) is 23.1. The molecule has 110 valence electrons. The van der Waals surface area contributed by atoms with Crippen molar-refractivity contribution in [1.82, 2.24) is 5.32 Å². The van der Waals surface area contributed by atoms with Gasteiger partial charge in [-0.25, -0.2) is 8.78 Å². The van der Waals surface area contributed by atoms with Crippen LogP contribution in [0, 0.1) is 11.6 Å². The van der Waals surface area contributed by atoms with Crippen LogP contribution in [-0.4, -0.2) is 31.8 Å². The Balaban J connectivity index is 1.76. The summed E-state index contributed by atoms with van der Waals surface area (Å²) in [5, 5.41) is 3.27. The van der Waals surface area contributed by atoms with E-state index in [1.807, 2.05) is 6.92 Å². The zero-order valence-corrected chi connectivity index (χ0v) is 11.7. The molecule has 0 bridgehead atoms. The summed E-state index contributed by atoms with van der Waals surface area (Å²) in [7, 11) is 0. The molecule has 1 saturated heterocycles. The number of rotatable bonds is 4. The predicted molar refractivity (Wildman–Crippen MR) is 73.8 cm³/mol. The lowest BCUT2D eigenvalue weighted by Crippen LogP contribution is -2.42. The SMILES string of the molecule is CC1CN(c2c(F)cc(CNC3CC3)cc2F)CCO1. The Bertz CT molecular complexity index is 468. The molecule has 1 unspecified atom stereocenters. The number of hydrogen-bond donors (Lipinski definition) is 1. The Morgan fingerprint density at radius 3 is 2.60 bits per heavy atom. The van der Waals surface area contributed by atoms with Crippen molar-refractivity contribution in [1.29, 1.82) is 0 Å². The first-order valence-corrected chi connectivity index (χ1v) is 7.21. The topological polar surface area (TPSA) is 24.5 Å². The molecule has 1 atom stereocenters. The maximum absolute atomic E-state index is 14.2. The standard InChI is InChI=1S/C15H20F2N2O/c1-10-9-19(4-5-20-10)15-13(16)6-11(7-14(15)17)8-18-12-2-3-12/h6-7,10,12,18H,2-5,8-9H2,1H3. The summed E-state index contributed by atoms with van der Waals surface area (Å²) in [5.41, 5.74) is 0.743. The van der Waals surface area contributed by atoms with Crippen molar-refractivity contribution in [2.45, 2.75) is 38.5 Å². The molecule has 0 aromatic heterocycles. The minimum absolute atomic E-state index is 0.00115. The van der Waals surface area contributed by atoms with Gasteiger partial charge in [0.15, 0.2) is 0 Å². The fourth-order valence-corrected chi connectivity index (χ4v) is 2.59. The molecule has 1 aromatic rings. The summed E-state index contributed by atoms with van der Waals surface area (Å²) in [5.74, 6) is -0.960. The fourth-order valence-electron chi connectivity index (χ4n) is 2.59. The van der Waals surface area contributed by atoms with E-state index < -0.39 is 11.6 Å². The average Bonchev–Trinajstić information content (AvgIpc) is 3.19. The van der Waals surface area contributed by atoms with Gasteiger partial charge in [0.05, 0.1) is 12.7 Å². The second-order valence-electron chi connectivity index (χ2n) is 5.69. The molecule has 0 amide bonds. The van der Waals surface area contributed by atoms with Gasteiger partial charge in [0.2, 0.25) is 0 Å². The lowest BCUT2D eigenvalue weighted by Gasteiger charge is -2.33. The van der Waals surface area contributed by atoms with Crippen molar-refractivity contribution in [3.8, 4) is 0 Å². The molecule has 5 heteroatoms. The zero-order chi connectivity index (χ0) is 14.1. The molecule has 2 aliphatic rings. The molecule has 1 aromatic carbocycles. The van der Waals surface area contributed by atoms with E-state index in [2.05, 4.69) is 5.32 Å². The summed E-state index contributed by atoms with van der Waals surface area (Å²) < 4.78 is 33.8. The summed E-state index contributed by atoms with van der Waals surface area (Å²) in [6.45, 7) is 3.99. The van der Waals surface area contributed by atoms with E-state index >= 15 is 0 Å². The molecule has 1 heterocycles. The first kappa shape index (κ1) is 13.8. The van der Waals surface area contributed by atoms with E-state index in [0.717, 1.165) is 12.8 Å². The fraction of sp³-hybridized carbons (Fsp3) is 0.600. The van der Waals surface area contributed by atoms with Crippen molar-refractivity contribution in [3.63, 3.8) is 0 Å². The van der Waals surface area contributed by atoms with Crippen molar-refractivity contribution in [2.24, 2.45) is 0 Å². The highest BCUT2D eigenvalue weighted by molar-refractivity contribution is 5.51. The van der Waals surface area contributed by atoms with Crippen molar-refractivity contribution in [3.05, 3.63) is 29.3 Å². The molecule has 1 aliphatic heterocycles. The maximum Gasteiger partial charge on any atom is 0.149 e. The summed E-state index contributed by atoms with van der Waals surface area (Å²) in [6, 6.07) is 3.41. The highest BCUT2D eigenvalue weighted by Crippen LogP contribution is 2.27. The van der Waals surface area contributed by atoms with Gasteiger partial charge in [-0.05, 0) is 37.5 Å². The number of benzene rings is 1. The van der Waals surface area contributed by atoms with Crippen molar-refractivity contribution < 1.29 is 13.5 Å². The van der Waals surface area contributed by atoms with Crippen LogP contribution in [0.2, 0.25) is 0 Å². The van der Waals surface area contributed by atoms with Gasteiger partial charge in [-0.15, -0.1) is 0 Å². The van der Waals surface area contributed by atoms with Gasteiger partial charge in [0.25, 0.3) is 0 Å². The van der Waals surface area contributed by atoms with Crippen LogP contribution in [0.3, 0.4) is 0 Å². The van der Waals surface area contributed by atoms with Gasteiger partial charge in [-0.3, -0.25) is 0 Å². The smallest absolute Gasteiger partial charge is 0.149 e. The highest BCUT2D eigenvalue weighted by Gasteiger charge is 2.24. The highest BCUT2D eigenvalue weighted by atomic mass is 19.1. The third-order valence-corrected chi connectivity index (χ3v) is 3.81. The summed E-state index contributed by atoms with van der Waals surface area (Å²) >= 11 is 0. The van der Waals surface area contributed by atoms with Crippen LogP contribution in [0.1, 0.15) is 25.3 Å². The number of nitrogens with zero attached hydrogens (tertiary/aromatic N) is 1. The van der Waals surface area contributed by atoms with E-state index in [1.165, 1.54) is 12.1 Å². The van der Waals surface area contributed by atoms with E-state index in [4.69, 9.17) is 4.74 Å². The van der Waals surface area contributed by atoms with Gasteiger partial charge in [-0.2, -0.15) is 0 Å². The molecule has 1 saturated carbocycles. The number of nitrogens with one attached hydrogen (secondary N) is 1. The lowest BCUT2D eigenvalue weighted by molar-refractivity contribution is 0.0527. The van der Waals surface area contributed by atoms with Crippen LogP contribution in [0.25, 0.3) is 0 Å². The Morgan fingerprint density at radius 1 is 1.30 bits per heavy atom. The number of halogens is 2. The molecule has 1 aliphatic carbocycles. The van der Waals surface area contributed by atoms with E-state index in [0.29, 0.717) is 37.8 Å². The molecule has 3 nitrogen and oxygen atoms in total. The molecule has 2 fully saturated rings. The lowest BCUT2D eigenvalue weighted by atomic mass is 10.1. The number of morpholine rings is 1. The Kier molecular flexibility index (Phi) is 3.89. The van der Waals surface area contributed by atoms with Crippen LogP contribution in [0.15, 0.2) is 12.1 Å². The second-order valence-corrected chi connectivity index (χ2v) is 5.69. The Hall–Kier alpha value is -1.20. The third kappa shape index (κ3) is 3.10. The van der Waals surface area contributed by atoms with Gasteiger partial charge in [0, 0.05) is 25.7 Å². The minimum Gasteiger partial charge on any atom is -0.375 e. The summed E-state index contributed by atoms with van der Waals surface area (Å²) in [4.78, 5) is 1.73. The third-order valence-electron chi connectivity index (χ3n) is 3.81. The van der Waals surface area contributed by atoms with Gasteiger partial charge >= 0.3 is 0 Å². The predicted octanol–water partition coefficient (Wildman–Crippen LogP) is 2.44. The first-order valence-electron chi connectivity index (χ1n) is 7.21. The number of hydrogen-bond acceptors (Lipinski definition) is 3. The number of anilines is 1. The van der Waals surface area contributed by atoms with E-state index in [9.17, 15) is 8.78 Å². The van der Waals surface area contributed by atoms with E-state index in [-0.39, 0.29) is 11.8 Å². The monoisotopic (exact) mass is 282 g/mol. The van der Waals surface area contributed by atoms with Crippen molar-refractivity contribution in [2.75, 3.05) is 24.6 Å². The first-order chi connectivity index (χ1) is 9.63. The number of ether oxygens (including phenoxy) is 1. The average molecular weight is 282 g/mol. The van der Waals surface area contributed by atoms with Crippen LogP contribution in [0.5, 0.6) is 0 Å². The molecular weight excluding hydrogens is 262 g/mol. The largest absolute Gasteiger partial charge is 0.375 e. The molecule has 1 N–H and O–H groups in total. The summed E-state index contributed by atoms with van der Waals surface area (Å²) in [6.07, 6.45) is 2.32. The van der Waals surface area contributed by atoms with Crippen molar-refractivity contribution >= 4 is 5.69 Å². The molecule has 0 spiro atoms. The van der Waals surface area contributed by atoms with Crippen LogP contribution >= 0.6 is 0 Å². The maximum atomic E-state index is 14.2. The molecule has 3 rings (SSSR count). The van der Waals surface area contributed by atoms with Crippen LogP contribution in [0.4, 0.5) is 14.5 Å². The van der Waals surface area contributed by atoms with E-state index in [1.54, 1.807) is 4.90 Å². The molecular formula is C15H20F2N2O. The Morgan fingerprint density at radius 2 is 2.00 bits per heavy atom. The van der Waals surface area contributed by atoms with Gasteiger partial charge < -0.3 is 15.0 Å².